The van der Waals surface area contributed by atoms with E-state index in [-0.39, 0.29) is 17.9 Å². The number of nitrogens with one attached hydrogen (secondary N) is 1. The van der Waals surface area contributed by atoms with E-state index in [1.807, 2.05) is 52.7 Å². The molecule has 0 aliphatic carbocycles. The molecule has 1 atom stereocenters. The highest BCUT2D eigenvalue weighted by Gasteiger charge is 2.36. The lowest BCUT2D eigenvalue weighted by molar-refractivity contribution is 0.0687. The Labute approximate surface area is 240 Å². The molecule has 0 radical (unpaired) electrons. The first kappa shape index (κ1) is 28.0. The number of hydrogen-bond acceptors (Lipinski definition) is 7. The third kappa shape index (κ3) is 5.81. The van der Waals surface area contributed by atoms with Crippen LogP contribution in [0.4, 0.5) is 5.69 Å². The number of anilines is 1. The number of methoxy groups -OCH3 is 2. The zero-order valence-corrected chi connectivity index (χ0v) is 24.3. The van der Waals surface area contributed by atoms with E-state index in [0.717, 1.165) is 55.8 Å². The second-order valence-electron chi connectivity index (χ2n) is 10.2. The summed E-state index contributed by atoms with van der Waals surface area (Å²) in [6, 6.07) is 15.5. The minimum absolute atomic E-state index is 0.0476. The average Bonchev–Trinajstić information content (AvgIpc) is 3.66. The lowest BCUT2D eigenvalue weighted by Crippen LogP contribution is -2.46. The fourth-order valence-electron chi connectivity index (χ4n) is 5.75. The molecule has 5 rings (SSSR count). The molecular formula is C31H38N4O4S. The van der Waals surface area contributed by atoms with Crippen molar-refractivity contribution in [2.24, 2.45) is 0 Å². The smallest absolute Gasteiger partial charge is 0.261 e. The van der Waals surface area contributed by atoms with E-state index in [1.165, 1.54) is 17.0 Å². The Morgan fingerprint density at radius 3 is 2.52 bits per heavy atom. The van der Waals surface area contributed by atoms with Gasteiger partial charge in [-0.05, 0) is 60.7 Å². The van der Waals surface area contributed by atoms with Crippen LogP contribution in [0.25, 0.3) is 0 Å². The number of likely N-dealkylation sites (N-methyl/N-ethyl adjacent to an activating group) is 1. The Kier molecular flexibility index (Phi) is 8.91. The Bertz CT molecular complexity index is 1320. The first-order valence-electron chi connectivity index (χ1n) is 14.0. The van der Waals surface area contributed by atoms with Crippen LogP contribution in [0.3, 0.4) is 0 Å². The van der Waals surface area contributed by atoms with E-state index in [2.05, 4.69) is 28.1 Å². The van der Waals surface area contributed by atoms with Gasteiger partial charge in [0.1, 0.15) is 0 Å². The Morgan fingerprint density at radius 2 is 1.82 bits per heavy atom. The van der Waals surface area contributed by atoms with Crippen molar-refractivity contribution in [1.29, 1.82) is 0 Å². The zero-order valence-electron chi connectivity index (χ0n) is 23.5. The molecule has 1 saturated heterocycles. The summed E-state index contributed by atoms with van der Waals surface area (Å²) >= 11 is 1.43. The molecule has 9 heteroatoms. The van der Waals surface area contributed by atoms with E-state index >= 15 is 0 Å². The van der Waals surface area contributed by atoms with Gasteiger partial charge < -0.3 is 29.5 Å². The van der Waals surface area contributed by atoms with Crippen molar-refractivity contribution in [3.8, 4) is 11.5 Å². The van der Waals surface area contributed by atoms with Crippen LogP contribution in [0.15, 0.2) is 53.9 Å². The molecule has 8 nitrogen and oxygen atoms in total. The molecule has 0 spiro atoms. The number of hydrogen-bond donors (Lipinski definition) is 1. The molecule has 0 unspecified atom stereocenters. The van der Waals surface area contributed by atoms with Crippen LogP contribution >= 0.6 is 11.3 Å². The van der Waals surface area contributed by atoms with Crippen LogP contribution in [-0.4, -0.2) is 75.1 Å². The monoisotopic (exact) mass is 562 g/mol. The van der Waals surface area contributed by atoms with Gasteiger partial charge in [0.2, 0.25) is 0 Å². The lowest BCUT2D eigenvalue weighted by Gasteiger charge is -2.36. The average molecular weight is 563 g/mol. The quantitative estimate of drug-likeness (QED) is 0.338. The van der Waals surface area contributed by atoms with Gasteiger partial charge in [0.25, 0.3) is 11.8 Å². The predicted molar refractivity (Wildman–Crippen MR) is 159 cm³/mol. The Morgan fingerprint density at radius 1 is 1.02 bits per heavy atom. The molecule has 3 heterocycles. The summed E-state index contributed by atoms with van der Waals surface area (Å²) < 4.78 is 11.1. The molecule has 1 N–H and O–H groups in total. The number of benzene rings is 2. The van der Waals surface area contributed by atoms with Gasteiger partial charge in [0, 0.05) is 56.1 Å². The number of carbonyl (C=O) groups is 2. The molecule has 2 amide bonds. The lowest BCUT2D eigenvalue weighted by atomic mass is 9.99. The Hall–Kier alpha value is -3.56. The summed E-state index contributed by atoms with van der Waals surface area (Å²) in [5.74, 6) is 1.27. The molecule has 2 aromatic carbocycles. The van der Waals surface area contributed by atoms with Crippen molar-refractivity contribution in [3.63, 3.8) is 0 Å². The molecule has 2 aliphatic rings. The molecule has 1 fully saturated rings. The maximum absolute atomic E-state index is 13.9. The van der Waals surface area contributed by atoms with Gasteiger partial charge >= 0.3 is 0 Å². The summed E-state index contributed by atoms with van der Waals surface area (Å²) in [6.07, 6.45) is 1.42. The van der Waals surface area contributed by atoms with Crippen LogP contribution in [0.1, 0.15) is 57.0 Å². The van der Waals surface area contributed by atoms with Gasteiger partial charge in [-0.1, -0.05) is 25.1 Å². The van der Waals surface area contributed by atoms with Crippen molar-refractivity contribution >= 4 is 28.8 Å². The van der Waals surface area contributed by atoms with Crippen LogP contribution in [0, 0.1) is 0 Å². The number of nitrogens with zero attached hydrogens (tertiary/aromatic N) is 3. The van der Waals surface area contributed by atoms with Gasteiger partial charge in [-0.3, -0.25) is 9.59 Å². The summed E-state index contributed by atoms with van der Waals surface area (Å²) in [7, 11) is 3.24. The van der Waals surface area contributed by atoms with Crippen LogP contribution < -0.4 is 19.7 Å². The second kappa shape index (κ2) is 12.7. The number of rotatable bonds is 11. The third-order valence-electron chi connectivity index (χ3n) is 7.98. The van der Waals surface area contributed by atoms with E-state index in [0.29, 0.717) is 35.9 Å². The van der Waals surface area contributed by atoms with Gasteiger partial charge in [0.15, 0.2) is 11.5 Å². The largest absolute Gasteiger partial charge is 0.493 e. The molecule has 0 saturated carbocycles. The fraction of sp³-hybridized carbons (Fsp3) is 0.419. The van der Waals surface area contributed by atoms with Gasteiger partial charge in [-0.25, -0.2) is 0 Å². The van der Waals surface area contributed by atoms with Crippen LogP contribution in [-0.2, 0) is 6.54 Å². The van der Waals surface area contributed by atoms with E-state index in [9.17, 15) is 9.59 Å². The molecule has 212 valence electrons. The van der Waals surface area contributed by atoms with Gasteiger partial charge in [-0.2, -0.15) is 0 Å². The number of amides is 2. The second-order valence-corrected chi connectivity index (χ2v) is 11.1. The topological polar surface area (TPSA) is 74.3 Å². The Balaban J connectivity index is 1.37. The molecule has 40 heavy (non-hydrogen) atoms. The number of fused-ring (bicyclic) bond motifs is 1. The summed E-state index contributed by atoms with van der Waals surface area (Å²) in [5, 5.41) is 4.92. The highest BCUT2D eigenvalue weighted by molar-refractivity contribution is 7.12. The van der Waals surface area contributed by atoms with Crippen molar-refractivity contribution in [2.75, 3.05) is 58.4 Å². The molecular weight excluding hydrogens is 524 g/mol. The van der Waals surface area contributed by atoms with Crippen molar-refractivity contribution < 1.29 is 19.1 Å². The first-order valence-corrected chi connectivity index (χ1v) is 14.9. The van der Waals surface area contributed by atoms with Gasteiger partial charge in [0.05, 0.1) is 25.1 Å². The van der Waals surface area contributed by atoms with Crippen LogP contribution in [0.5, 0.6) is 11.5 Å². The third-order valence-corrected chi connectivity index (χ3v) is 8.85. The highest BCUT2D eigenvalue weighted by atomic mass is 32.1. The molecule has 2 aliphatic heterocycles. The van der Waals surface area contributed by atoms with E-state index in [1.54, 1.807) is 14.2 Å². The number of carbonyl (C=O) groups excluding carboxylic acids is 2. The normalized spacial score (nSPS) is 16.1. The van der Waals surface area contributed by atoms with Gasteiger partial charge in [-0.15, -0.1) is 11.3 Å². The maximum Gasteiger partial charge on any atom is 0.261 e. The van der Waals surface area contributed by atoms with E-state index in [4.69, 9.17) is 9.47 Å². The van der Waals surface area contributed by atoms with E-state index < -0.39 is 0 Å². The fourth-order valence-corrected chi connectivity index (χ4v) is 6.39. The predicted octanol–water partition coefficient (Wildman–Crippen LogP) is 4.81. The molecule has 1 aromatic heterocycles. The highest BCUT2D eigenvalue weighted by Crippen LogP contribution is 2.40. The summed E-state index contributed by atoms with van der Waals surface area (Å²) in [6.45, 7) is 8.33. The number of ether oxygens (including phenoxy) is 2. The SMILES string of the molecule is CCN1CCN(c2cccc3c2CN([C@H](CCCNC(=O)c2cccs2)c2ccc(OC)c(OC)c2)C3=O)CC1. The minimum Gasteiger partial charge on any atom is -0.493 e. The van der Waals surface area contributed by atoms with Crippen molar-refractivity contribution in [2.45, 2.75) is 32.4 Å². The van der Waals surface area contributed by atoms with Crippen molar-refractivity contribution in [3.05, 3.63) is 75.5 Å². The zero-order chi connectivity index (χ0) is 28.1. The summed E-state index contributed by atoms with van der Waals surface area (Å²) in [5.41, 5.74) is 4.04. The number of piperazine rings is 1. The molecule has 3 aromatic rings. The maximum atomic E-state index is 13.9. The summed E-state index contributed by atoms with van der Waals surface area (Å²) in [4.78, 5) is 33.9. The van der Waals surface area contributed by atoms with Crippen molar-refractivity contribution in [1.82, 2.24) is 15.1 Å². The first-order chi connectivity index (χ1) is 19.5. The standard InChI is InChI=1S/C31H38N4O4S/c1-4-33-15-17-34(18-16-33)26-9-5-8-23-24(26)21-35(31(23)37)25(22-12-13-27(38-2)28(20-22)39-3)10-6-14-32-30(36)29-11-7-19-40-29/h5,7-9,11-13,19-20,25H,4,6,10,14-18,21H2,1-3H3,(H,32,36)/t25-/m1/s1. The molecule has 0 bridgehead atoms. The minimum atomic E-state index is -0.178. The van der Waals surface area contributed by atoms with Crippen LogP contribution in [0.2, 0.25) is 0 Å². The number of thiophene rings is 1.